The number of nitrogens with one attached hydrogen (secondary N) is 1. The van der Waals surface area contributed by atoms with Crippen LogP contribution in [0.4, 0.5) is 11.4 Å². The van der Waals surface area contributed by atoms with Crippen molar-refractivity contribution in [3.63, 3.8) is 0 Å². The fourth-order valence-electron chi connectivity index (χ4n) is 2.55. The summed E-state index contributed by atoms with van der Waals surface area (Å²) in [5.74, 6) is -0.497. The van der Waals surface area contributed by atoms with E-state index in [0.29, 0.717) is 22.0 Å². The summed E-state index contributed by atoms with van der Waals surface area (Å²) in [6.07, 6.45) is 0. The molecule has 2 aromatic carbocycles. The van der Waals surface area contributed by atoms with Crippen molar-refractivity contribution in [1.82, 2.24) is 9.78 Å². The van der Waals surface area contributed by atoms with Gasteiger partial charge in [-0.3, -0.25) is 19.7 Å². The minimum absolute atomic E-state index is 0.0545. The Morgan fingerprint density at radius 2 is 1.88 bits per heavy atom. The number of hydrogen-bond acceptors (Lipinski definition) is 5. The molecule has 0 radical (unpaired) electrons. The molecule has 1 N–H and O–H groups in total. The number of aromatic nitrogens is 2. The summed E-state index contributed by atoms with van der Waals surface area (Å²) in [7, 11) is 1.47. The summed E-state index contributed by atoms with van der Waals surface area (Å²) in [4.78, 5) is 35.1. The Kier molecular flexibility index (Phi) is 4.02. The first kappa shape index (κ1) is 16.3. The number of fused-ring (bicyclic) bond motifs is 1. The molecule has 0 aliphatic rings. The van der Waals surface area contributed by atoms with Gasteiger partial charge in [0.1, 0.15) is 0 Å². The molecule has 0 saturated carbocycles. The van der Waals surface area contributed by atoms with E-state index in [1.165, 1.54) is 25.2 Å². The highest BCUT2D eigenvalue weighted by Gasteiger charge is 2.17. The molecule has 8 heteroatoms. The number of non-ortho nitro benzene ring substituents is 1. The average molecular weight is 338 g/mol. The number of rotatable bonds is 3. The van der Waals surface area contributed by atoms with E-state index in [1.807, 2.05) is 0 Å². The molecule has 0 saturated heterocycles. The molecule has 1 aromatic heterocycles. The summed E-state index contributed by atoms with van der Waals surface area (Å²) >= 11 is 0. The lowest BCUT2D eigenvalue weighted by atomic mass is 10.1. The number of anilines is 1. The number of nitro benzene ring substituents is 1. The standard InChI is InChI=1S/C17H14N4O4/c1-10-9-11(21(24)25)7-8-14(10)18-16(22)15-12-5-3-4-6-13(12)17(23)20(2)19-15/h3-9H,1-2H3,(H,18,22). The van der Waals surface area contributed by atoms with Gasteiger partial charge < -0.3 is 5.32 Å². The third-order valence-corrected chi connectivity index (χ3v) is 3.84. The van der Waals surface area contributed by atoms with Crippen LogP contribution < -0.4 is 10.9 Å². The van der Waals surface area contributed by atoms with E-state index in [1.54, 1.807) is 31.2 Å². The Morgan fingerprint density at radius 1 is 1.20 bits per heavy atom. The van der Waals surface area contributed by atoms with Gasteiger partial charge in [0.25, 0.3) is 17.2 Å². The van der Waals surface area contributed by atoms with Gasteiger partial charge in [-0.05, 0) is 24.6 Å². The molecule has 25 heavy (non-hydrogen) atoms. The molecule has 0 fully saturated rings. The summed E-state index contributed by atoms with van der Waals surface area (Å²) in [5.41, 5.74) is 0.752. The van der Waals surface area contributed by atoms with Gasteiger partial charge in [0.15, 0.2) is 5.69 Å². The third kappa shape index (κ3) is 2.97. The van der Waals surface area contributed by atoms with E-state index in [2.05, 4.69) is 10.4 Å². The highest BCUT2D eigenvalue weighted by molar-refractivity contribution is 6.11. The number of benzene rings is 2. The van der Waals surface area contributed by atoms with Crippen LogP contribution in [0.2, 0.25) is 0 Å². The second kappa shape index (κ2) is 6.16. The van der Waals surface area contributed by atoms with Gasteiger partial charge in [0.2, 0.25) is 0 Å². The molecule has 0 aliphatic carbocycles. The monoisotopic (exact) mass is 338 g/mol. The fraction of sp³-hybridized carbons (Fsp3) is 0.118. The predicted octanol–water partition coefficient (Wildman–Crippen LogP) is 2.40. The molecule has 1 heterocycles. The Labute approximate surface area is 141 Å². The highest BCUT2D eigenvalue weighted by atomic mass is 16.6. The first-order chi connectivity index (χ1) is 11.9. The quantitative estimate of drug-likeness (QED) is 0.583. The van der Waals surface area contributed by atoms with Crippen molar-refractivity contribution < 1.29 is 9.72 Å². The van der Waals surface area contributed by atoms with Crippen molar-refractivity contribution >= 4 is 28.1 Å². The molecule has 1 amide bonds. The molecule has 126 valence electrons. The van der Waals surface area contributed by atoms with E-state index in [-0.39, 0.29) is 16.9 Å². The van der Waals surface area contributed by atoms with Gasteiger partial charge in [-0.15, -0.1) is 0 Å². The molecule has 0 bridgehead atoms. The number of carbonyl (C=O) groups excluding carboxylic acids is 1. The van der Waals surface area contributed by atoms with Crippen LogP contribution >= 0.6 is 0 Å². The minimum Gasteiger partial charge on any atom is -0.320 e. The van der Waals surface area contributed by atoms with Crippen molar-refractivity contribution in [3.8, 4) is 0 Å². The summed E-state index contributed by atoms with van der Waals surface area (Å²) in [6.45, 7) is 1.66. The summed E-state index contributed by atoms with van der Waals surface area (Å²) < 4.78 is 1.11. The van der Waals surface area contributed by atoms with Crippen molar-refractivity contribution in [1.29, 1.82) is 0 Å². The SMILES string of the molecule is Cc1cc([N+](=O)[O-])ccc1NC(=O)c1nn(C)c(=O)c2ccccc12. The summed E-state index contributed by atoms with van der Waals surface area (Å²) in [5, 5.41) is 18.4. The lowest BCUT2D eigenvalue weighted by Crippen LogP contribution is -2.25. The van der Waals surface area contributed by atoms with Gasteiger partial charge in [-0.25, -0.2) is 4.68 Å². The number of hydrogen-bond donors (Lipinski definition) is 1. The van der Waals surface area contributed by atoms with Crippen LogP contribution in [-0.4, -0.2) is 20.6 Å². The fourth-order valence-corrected chi connectivity index (χ4v) is 2.55. The normalized spacial score (nSPS) is 10.6. The Balaban J connectivity index is 2.03. The van der Waals surface area contributed by atoms with Gasteiger partial charge in [0, 0.05) is 30.3 Å². The zero-order chi connectivity index (χ0) is 18.1. The first-order valence-corrected chi connectivity index (χ1v) is 7.41. The minimum atomic E-state index is -0.499. The van der Waals surface area contributed by atoms with Crippen LogP contribution in [0.5, 0.6) is 0 Å². The number of nitro groups is 1. The molecule has 0 aliphatic heterocycles. The average Bonchev–Trinajstić information content (AvgIpc) is 2.59. The van der Waals surface area contributed by atoms with Crippen LogP contribution in [0.3, 0.4) is 0 Å². The number of amides is 1. The maximum Gasteiger partial charge on any atom is 0.276 e. The highest BCUT2D eigenvalue weighted by Crippen LogP contribution is 2.22. The molecule has 0 atom stereocenters. The van der Waals surface area contributed by atoms with Crippen LogP contribution in [0.1, 0.15) is 16.1 Å². The predicted molar refractivity (Wildman–Crippen MR) is 92.8 cm³/mol. The second-order valence-corrected chi connectivity index (χ2v) is 5.53. The molecule has 0 unspecified atom stereocenters. The number of nitrogens with zero attached hydrogens (tertiary/aromatic N) is 3. The molecule has 3 rings (SSSR count). The smallest absolute Gasteiger partial charge is 0.276 e. The van der Waals surface area contributed by atoms with Crippen LogP contribution in [-0.2, 0) is 7.05 Å². The van der Waals surface area contributed by atoms with Crippen molar-refractivity contribution in [2.45, 2.75) is 6.92 Å². The maximum absolute atomic E-state index is 12.6. The van der Waals surface area contributed by atoms with E-state index in [0.717, 1.165) is 4.68 Å². The van der Waals surface area contributed by atoms with Gasteiger partial charge in [0.05, 0.1) is 10.3 Å². The van der Waals surface area contributed by atoms with E-state index in [4.69, 9.17) is 0 Å². The Bertz CT molecular complexity index is 1070. The second-order valence-electron chi connectivity index (χ2n) is 5.53. The zero-order valence-corrected chi connectivity index (χ0v) is 13.5. The number of aryl methyl sites for hydroxylation is 2. The van der Waals surface area contributed by atoms with Crippen LogP contribution in [0.25, 0.3) is 10.8 Å². The van der Waals surface area contributed by atoms with Gasteiger partial charge in [-0.2, -0.15) is 5.10 Å². The Hall–Kier alpha value is -3.55. The summed E-state index contributed by atoms with van der Waals surface area (Å²) in [6, 6.07) is 10.9. The van der Waals surface area contributed by atoms with Crippen molar-refractivity contribution in [2.24, 2.45) is 7.05 Å². The van der Waals surface area contributed by atoms with Crippen LogP contribution in [0, 0.1) is 17.0 Å². The Morgan fingerprint density at radius 3 is 2.52 bits per heavy atom. The molecular weight excluding hydrogens is 324 g/mol. The lowest BCUT2D eigenvalue weighted by Gasteiger charge is -2.10. The molecule has 8 nitrogen and oxygen atoms in total. The van der Waals surface area contributed by atoms with E-state index >= 15 is 0 Å². The topological polar surface area (TPSA) is 107 Å². The molecular formula is C17H14N4O4. The zero-order valence-electron chi connectivity index (χ0n) is 13.5. The molecule has 3 aromatic rings. The van der Waals surface area contributed by atoms with Crippen molar-refractivity contribution in [3.05, 3.63) is 74.2 Å². The molecule has 0 spiro atoms. The van der Waals surface area contributed by atoms with E-state index < -0.39 is 10.8 Å². The first-order valence-electron chi connectivity index (χ1n) is 7.41. The van der Waals surface area contributed by atoms with Gasteiger partial charge in [-0.1, -0.05) is 18.2 Å². The van der Waals surface area contributed by atoms with E-state index in [9.17, 15) is 19.7 Å². The van der Waals surface area contributed by atoms with Gasteiger partial charge >= 0.3 is 0 Å². The number of carbonyl (C=O) groups is 1. The van der Waals surface area contributed by atoms with Crippen molar-refractivity contribution in [2.75, 3.05) is 5.32 Å². The lowest BCUT2D eigenvalue weighted by molar-refractivity contribution is -0.384. The third-order valence-electron chi connectivity index (χ3n) is 3.84. The maximum atomic E-state index is 12.6. The van der Waals surface area contributed by atoms with Crippen LogP contribution in [0.15, 0.2) is 47.3 Å². The largest absolute Gasteiger partial charge is 0.320 e.